The van der Waals surface area contributed by atoms with Gasteiger partial charge in [0.05, 0.1) is 5.56 Å². The van der Waals surface area contributed by atoms with E-state index in [4.69, 9.17) is 0 Å². The van der Waals surface area contributed by atoms with Crippen LogP contribution in [0.4, 0.5) is 0 Å². The summed E-state index contributed by atoms with van der Waals surface area (Å²) in [5.41, 5.74) is 0.532. The number of nitrogens with one attached hydrogen (secondary N) is 1. The number of hydrogen-bond acceptors (Lipinski definition) is 4. The third-order valence-electron chi connectivity index (χ3n) is 2.50. The average molecular weight is 257 g/mol. The van der Waals surface area contributed by atoms with E-state index < -0.39 is 0 Å². The van der Waals surface area contributed by atoms with Crippen molar-refractivity contribution in [1.29, 1.82) is 0 Å². The van der Waals surface area contributed by atoms with E-state index in [1.165, 1.54) is 17.2 Å². The van der Waals surface area contributed by atoms with Gasteiger partial charge in [-0.3, -0.25) is 4.79 Å². The zero-order valence-electron chi connectivity index (χ0n) is 10.7. The van der Waals surface area contributed by atoms with E-state index in [0.717, 1.165) is 6.42 Å². The molecule has 0 saturated heterocycles. The van der Waals surface area contributed by atoms with E-state index >= 15 is 0 Å². The van der Waals surface area contributed by atoms with Gasteiger partial charge in [0.15, 0.2) is 5.82 Å². The highest BCUT2D eigenvalue weighted by Crippen LogP contribution is 2.03. The molecule has 6 nitrogen and oxygen atoms in total. The van der Waals surface area contributed by atoms with E-state index in [1.807, 2.05) is 19.1 Å². The largest absolute Gasteiger partial charge is 0.352 e. The quantitative estimate of drug-likeness (QED) is 0.648. The summed E-state index contributed by atoms with van der Waals surface area (Å²) in [4.78, 5) is 19.8. The van der Waals surface area contributed by atoms with Gasteiger partial charge >= 0.3 is 0 Å². The Balaban J connectivity index is 1.96. The highest BCUT2D eigenvalue weighted by molar-refractivity contribution is 5.93. The van der Waals surface area contributed by atoms with E-state index in [9.17, 15) is 4.79 Å². The van der Waals surface area contributed by atoms with Crippen molar-refractivity contribution in [1.82, 2.24) is 25.1 Å². The van der Waals surface area contributed by atoms with E-state index in [1.54, 1.807) is 18.5 Å². The van der Waals surface area contributed by atoms with Crippen molar-refractivity contribution in [2.75, 3.05) is 6.54 Å². The lowest BCUT2D eigenvalue weighted by Crippen LogP contribution is -2.24. The second-order valence-corrected chi connectivity index (χ2v) is 3.86. The van der Waals surface area contributed by atoms with Crippen molar-refractivity contribution < 1.29 is 4.79 Å². The zero-order valence-corrected chi connectivity index (χ0v) is 10.7. The maximum atomic E-state index is 11.8. The topological polar surface area (TPSA) is 72.7 Å². The standard InChI is InChI=1S/C13H15N5O/c1-2-3-4-7-15-13(19)11-5-6-12(16-8-11)18-10-14-9-17-18/h2-3,5-6,8-10H,4,7H2,1H3,(H,15,19)/b3-2+. The first kappa shape index (κ1) is 12.9. The number of aromatic nitrogens is 4. The lowest BCUT2D eigenvalue weighted by Gasteiger charge is -2.04. The van der Waals surface area contributed by atoms with Gasteiger partial charge in [-0.2, -0.15) is 5.10 Å². The molecule has 2 rings (SSSR count). The van der Waals surface area contributed by atoms with Crippen LogP contribution in [0.2, 0.25) is 0 Å². The summed E-state index contributed by atoms with van der Waals surface area (Å²) >= 11 is 0. The molecule has 0 fully saturated rings. The van der Waals surface area contributed by atoms with Crippen LogP contribution < -0.4 is 5.32 Å². The summed E-state index contributed by atoms with van der Waals surface area (Å²) in [6, 6.07) is 3.45. The molecule has 0 atom stereocenters. The minimum atomic E-state index is -0.123. The van der Waals surface area contributed by atoms with Crippen molar-refractivity contribution in [2.45, 2.75) is 13.3 Å². The van der Waals surface area contributed by atoms with Crippen LogP contribution >= 0.6 is 0 Å². The smallest absolute Gasteiger partial charge is 0.252 e. The van der Waals surface area contributed by atoms with E-state index in [-0.39, 0.29) is 5.91 Å². The van der Waals surface area contributed by atoms with Crippen LogP contribution in [0.1, 0.15) is 23.7 Å². The SMILES string of the molecule is C/C=C/CCNC(=O)c1ccc(-n2cncn2)nc1. The Morgan fingerprint density at radius 1 is 1.47 bits per heavy atom. The molecule has 2 aromatic heterocycles. The molecule has 2 heterocycles. The second kappa shape index (κ2) is 6.44. The van der Waals surface area contributed by atoms with Gasteiger partial charge in [0.1, 0.15) is 12.7 Å². The summed E-state index contributed by atoms with van der Waals surface area (Å²) in [6.45, 7) is 2.57. The molecule has 6 heteroatoms. The molecule has 0 aliphatic carbocycles. The van der Waals surface area contributed by atoms with Crippen molar-refractivity contribution in [3.8, 4) is 5.82 Å². The highest BCUT2D eigenvalue weighted by atomic mass is 16.1. The molecule has 0 saturated carbocycles. The monoisotopic (exact) mass is 257 g/mol. The molecule has 0 aliphatic heterocycles. The van der Waals surface area contributed by atoms with Crippen LogP contribution in [0, 0.1) is 0 Å². The van der Waals surface area contributed by atoms with Crippen LogP contribution in [-0.2, 0) is 0 Å². The number of pyridine rings is 1. The number of hydrogen-bond donors (Lipinski definition) is 1. The van der Waals surface area contributed by atoms with Gasteiger partial charge in [0, 0.05) is 12.7 Å². The van der Waals surface area contributed by atoms with Crippen LogP contribution in [0.15, 0.2) is 43.1 Å². The predicted octanol–water partition coefficient (Wildman–Crippen LogP) is 1.36. The fraction of sp³-hybridized carbons (Fsp3) is 0.231. The zero-order chi connectivity index (χ0) is 13.5. The van der Waals surface area contributed by atoms with Gasteiger partial charge in [0.25, 0.3) is 5.91 Å². The third-order valence-corrected chi connectivity index (χ3v) is 2.50. The minimum absolute atomic E-state index is 0.123. The molecule has 0 aromatic carbocycles. The van der Waals surface area contributed by atoms with Crippen molar-refractivity contribution in [3.63, 3.8) is 0 Å². The Bertz CT molecular complexity index is 545. The number of carbonyl (C=O) groups is 1. The average Bonchev–Trinajstić information content (AvgIpc) is 2.98. The molecular formula is C13H15N5O. The normalized spacial score (nSPS) is 10.8. The van der Waals surface area contributed by atoms with Gasteiger partial charge in [-0.25, -0.2) is 14.6 Å². The molecule has 1 N–H and O–H groups in total. The third kappa shape index (κ3) is 3.48. The van der Waals surface area contributed by atoms with Gasteiger partial charge in [-0.05, 0) is 25.5 Å². The molecular weight excluding hydrogens is 242 g/mol. The van der Waals surface area contributed by atoms with Gasteiger partial charge in [-0.1, -0.05) is 12.2 Å². The molecule has 0 bridgehead atoms. The molecule has 0 unspecified atom stereocenters. The Morgan fingerprint density at radius 2 is 2.37 bits per heavy atom. The number of amides is 1. The Labute approximate surface area is 111 Å². The summed E-state index contributed by atoms with van der Waals surface area (Å²) in [5.74, 6) is 0.505. The summed E-state index contributed by atoms with van der Waals surface area (Å²) < 4.78 is 1.54. The van der Waals surface area contributed by atoms with Gasteiger partial charge in [-0.15, -0.1) is 0 Å². The van der Waals surface area contributed by atoms with Crippen LogP contribution in [0.5, 0.6) is 0 Å². The Kier molecular flexibility index (Phi) is 4.39. The first-order valence-corrected chi connectivity index (χ1v) is 6.01. The lowest BCUT2D eigenvalue weighted by atomic mass is 10.2. The Hall–Kier alpha value is -2.50. The fourth-order valence-electron chi connectivity index (χ4n) is 1.52. The molecule has 2 aromatic rings. The Morgan fingerprint density at radius 3 is 3.00 bits per heavy atom. The maximum Gasteiger partial charge on any atom is 0.252 e. The lowest BCUT2D eigenvalue weighted by molar-refractivity contribution is 0.0954. The number of carbonyl (C=O) groups excluding carboxylic acids is 1. The van der Waals surface area contributed by atoms with Crippen molar-refractivity contribution in [3.05, 3.63) is 48.7 Å². The van der Waals surface area contributed by atoms with Crippen molar-refractivity contribution >= 4 is 5.91 Å². The van der Waals surface area contributed by atoms with E-state index in [0.29, 0.717) is 17.9 Å². The molecule has 1 amide bonds. The number of allylic oxidation sites excluding steroid dienone is 1. The van der Waals surface area contributed by atoms with Crippen LogP contribution in [-0.4, -0.2) is 32.2 Å². The fourth-order valence-corrected chi connectivity index (χ4v) is 1.52. The number of rotatable bonds is 5. The maximum absolute atomic E-state index is 11.8. The summed E-state index contributed by atoms with van der Waals surface area (Å²) in [7, 11) is 0. The first-order valence-electron chi connectivity index (χ1n) is 6.01. The second-order valence-electron chi connectivity index (χ2n) is 3.86. The molecule has 0 spiro atoms. The first-order chi connectivity index (χ1) is 9.31. The van der Waals surface area contributed by atoms with Crippen LogP contribution in [0.25, 0.3) is 5.82 Å². The van der Waals surface area contributed by atoms with Crippen LogP contribution in [0.3, 0.4) is 0 Å². The van der Waals surface area contributed by atoms with Gasteiger partial charge < -0.3 is 5.32 Å². The van der Waals surface area contributed by atoms with Gasteiger partial charge in [0.2, 0.25) is 0 Å². The minimum Gasteiger partial charge on any atom is -0.352 e. The summed E-state index contributed by atoms with van der Waals surface area (Å²) in [6.07, 6.45) is 9.31. The highest BCUT2D eigenvalue weighted by Gasteiger charge is 2.05. The molecule has 98 valence electrons. The molecule has 0 aliphatic rings. The predicted molar refractivity (Wildman–Crippen MR) is 70.9 cm³/mol. The summed E-state index contributed by atoms with van der Waals surface area (Å²) in [5, 5.41) is 6.79. The molecule has 19 heavy (non-hydrogen) atoms. The van der Waals surface area contributed by atoms with Crippen molar-refractivity contribution in [2.24, 2.45) is 0 Å². The molecule has 0 radical (unpaired) electrons. The number of nitrogens with zero attached hydrogens (tertiary/aromatic N) is 4. The van der Waals surface area contributed by atoms with E-state index in [2.05, 4.69) is 20.4 Å².